The number of carbonyl (C=O) groups is 1. The summed E-state index contributed by atoms with van der Waals surface area (Å²) in [5, 5.41) is 2.74. The minimum atomic E-state index is -0.584. The van der Waals surface area contributed by atoms with Gasteiger partial charge in [0.25, 0.3) is 5.91 Å². The van der Waals surface area contributed by atoms with E-state index in [-0.39, 0.29) is 11.1 Å². The normalized spacial score (nSPS) is 11.5. The van der Waals surface area contributed by atoms with Gasteiger partial charge in [0.2, 0.25) is 0 Å². The summed E-state index contributed by atoms with van der Waals surface area (Å²) >= 11 is 0. The number of carbonyl (C=O) groups excluding carboxylic acids is 1. The molecule has 0 aliphatic rings. The Hall–Kier alpha value is -1.62. The highest BCUT2D eigenvalue weighted by Gasteiger charge is 2.22. The van der Waals surface area contributed by atoms with Gasteiger partial charge in [-0.2, -0.15) is 0 Å². The van der Waals surface area contributed by atoms with Gasteiger partial charge < -0.3 is 15.0 Å². The van der Waals surface area contributed by atoms with Gasteiger partial charge in [0.05, 0.1) is 12.7 Å². The van der Waals surface area contributed by atoms with E-state index in [2.05, 4.69) is 5.32 Å². The lowest BCUT2D eigenvalue weighted by molar-refractivity contribution is 0.0915. The fraction of sp³-hybridized carbons (Fsp3) is 0.500. The molecule has 5 heteroatoms. The van der Waals surface area contributed by atoms with Crippen LogP contribution < -0.4 is 10.1 Å². The van der Waals surface area contributed by atoms with Gasteiger partial charge in [0.1, 0.15) is 11.6 Å². The molecule has 0 saturated carbocycles. The molecule has 0 saturated heterocycles. The Kier molecular flexibility index (Phi) is 4.89. The smallest absolute Gasteiger partial charge is 0.254 e. The predicted molar refractivity (Wildman–Crippen MR) is 73.1 cm³/mol. The van der Waals surface area contributed by atoms with Crippen LogP contribution >= 0.6 is 0 Å². The molecular formula is C14H21FN2O2. The Bertz CT molecular complexity index is 459. The molecule has 0 fully saturated rings. The van der Waals surface area contributed by atoms with Crippen molar-refractivity contribution >= 4 is 5.91 Å². The molecule has 1 aromatic carbocycles. The molecule has 0 aliphatic heterocycles. The topological polar surface area (TPSA) is 41.6 Å². The average Bonchev–Trinajstić information content (AvgIpc) is 2.35. The third-order valence-electron chi connectivity index (χ3n) is 3.31. The van der Waals surface area contributed by atoms with Crippen molar-refractivity contribution in [3.8, 4) is 5.75 Å². The molecule has 0 radical (unpaired) electrons. The summed E-state index contributed by atoms with van der Waals surface area (Å²) < 4.78 is 18.6. The first-order valence-corrected chi connectivity index (χ1v) is 6.07. The van der Waals surface area contributed by atoms with Crippen molar-refractivity contribution in [3.05, 3.63) is 29.6 Å². The molecule has 0 bridgehead atoms. The van der Waals surface area contributed by atoms with E-state index in [1.807, 2.05) is 32.8 Å². The Morgan fingerprint density at radius 2 is 2.05 bits per heavy atom. The second-order valence-electron chi connectivity index (χ2n) is 5.24. The summed E-state index contributed by atoms with van der Waals surface area (Å²) in [5.41, 5.74) is -0.172. The van der Waals surface area contributed by atoms with Gasteiger partial charge in [-0.15, -0.1) is 0 Å². The fourth-order valence-corrected chi connectivity index (χ4v) is 1.36. The van der Waals surface area contributed by atoms with Gasteiger partial charge in [0.15, 0.2) is 0 Å². The molecule has 106 valence electrons. The van der Waals surface area contributed by atoms with Gasteiger partial charge in [-0.05, 0) is 40.1 Å². The number of amides is 1. The first-order valence-electron chi connectivity index (χ1n) is 6.07. The number of nitrogens with one attached hydrogen (secondary N) is 1. The van der Waals surface area contributed by atoms with Crippen molar-refractivity contribution in [3.63, 3.8) is 0 Å². The van der Waals surface area contributed by atoms with Crippen LogP contribution in [0, 0.1) is 5.82 Å². The second-order valence-corrected chi connectivity index (χ2v) is 5.24. The van der Waals surface area contributed by atoms with E-state index in [0.717, 1.165) is 0 Å². The van der Waals surface area contributed by atoms with E-state index >= 15 is 0 Å². The lowest BCUT2D eigenvalue weighted by Crippen LogP contribution is -2.48. The minimum absolute atomic E-state index is 0.0235. The number of hydrogen-bond acceptors (Lipinski definition) is 3. The zero-order valence-corrected chi connectivity index (χ0v) is 12.1. The summed E-state index contributed by atoms with van der Waals surface area (Å²) in [6.07, 6.45) is 0. The summed E-state index contributed by atoms with van der Waals surface area (Å²) in [6, 6.07) is 4.19. The molecule has 0 aliphatic carbocycles. The van der Waals surface area contributed by atoms with Crippen molar-refractivity contribution < 1.29 is 13.9 Å². The highest BCUT2D eigenvalue weighted by molar-refractivity contribution is 5.94. The van der Waals surface area contributed by atoms with Gasteiger partial charge in [-0.3, -0.25) is 4.79 Å². The number of hydrogen-bond donors (Lipinski definition) is 1. The van der Waals surface area contributed by atoms with Crippen LogP contribution in [0.4, 0.5) is 4.39 Å². The number of rotatable bonds is 5. The summed E-state index contributed by atoms with van der Waals surface area (Å²) in [4.78, 5) is 13.9. The molecule has 0 unspecified atom stereocenters. The molecule has 0 heterocycles. The van der Waals surface area contributed by atoms with Crippen LogP contribution in [0.25, 0.3) is 0 Å². The molecule has 0 aromatic heterocycles. The Morgan fingerprint density at radius 1 is 1.42 bits per heavy atom. The van der Waals surface area contributed by atoms with Gasteiger partial charge in [-0.1, -0.05) is 0 Å². The third kappa shape index (κ3) is 3.92. The lowest BCUT2D eigenvalue weighted by atomic mass is 10.0. The molecule has 1 N–H and O–H groups in total. The minimum Gasteiger partial charge on any atom is -0.497 e. The van der Waals surface area contributed by atoms with Crippen LogP contribution in [0.5, 0.6) is 5.75 Å². The van der Waals surface area contributed by atoms with E-state index in [1.165, 1.54) is 19.2 Å². The lowest BCUT2D eigenvalue weighted by Gasteiger charge is -2.32. The van der Waals surface area contributed by atoms with Crippen LogP contribution in [0.2, 0.25) is 0 Å². The number of benzene rings is 1. The largest absolute Gasteiger partial charge is 0.497 e. The molecule has 19 heavy (non-hydrogen) atoms. The van der Waals surface area contributed by atoms with Crippen LogP contribution in [0.15, 0.2) is 18.2 Å². The quantitative estimate of drug-likeness (QED) is 0.887. The standard InChI is InChI=1S/C14H21FN2O2/c1-14(2,17(3)4)9-16-13(18)11-7-6-10(19-5)8-12(11)15/h6-8H,9H2,1-5H3,(H,16,18). The molecule has 4 nitrogen and oxygen atoms in total. The maximum Gasteiger partial charge on any atom is 0.254 e. The van der Waals surface area contributed by atoms with Crippen molar-refractivity contribution in [1.29, 1.82) is 0 Å². The number of methoxy groups -OCH3 is 1. The number of nitrogens with zero attached hydrogens (tertiary/aromatic N) is 1. The molecule has 1 amide bonds. The zero-order valence-electron chi connectivity index (χ0n) is 12.1. The van der Waals surface area contributed by atoms with Crippen molar-refractivity contribution in [1.82, 2.24) is 10.2 Å². The van der Waals surface area contributed by atoms with Gasteiger partial charge in [0, 0.05) is 18.2 Å². The Labute approximate surface area is 113 Å². The Balaban J connectivity index is 2.74. The summed E-state index contributed by atoms with van der Waals surface area (Å²) in [5.74, 6) is -0.614. The fourth-order valence-electron chi connectivity index (χ4n) is 1.36. The molecule has 1 aromatic rings. The molecule has 1 rings (SSSR count). The molecule has 0 spiro atoms. The van der Waals surface area contributed by atoms with Crippen LogP contribution in [0.3, 0.4) is 0 Å². The highest BCUT2D eigenvalue weighted by Crippen LogP contribution is 2.16. The summed E-state index contributed by atoms with van der Waals surface area (Å²) in [7, 11) is 5.31. The SMILES string of the molecule is COc1ccc(C(=O)NCC(C)(C)N(C)C)c(F)c1. The molecule has 0 atom stereocenters. The van der Waals surface area contributed by atoms with E-state index < -0.39 is 11.7 Å². The maximum atomic E-state index is 13.7. The zero-order chi connectivity index (χ0) is 14.6. The van der Waals surface area contributed by atoms with Crippen LogP contribution in [0.1, 0.15) is 24.2 Å². The van der Waals surface area contributed by atoms with Crippen molar-refractivity contribution in [2.75, 3.05) is 27.7 Å². The van der Waals surface area contributed by atoms with Crippen molar-refractivity contribution in [2.45, 2.75) is 19.4 Å². The number of likely N-dealkylation sites (N-methyl/N-ethyl adjacent to an activating group) is 1. The first kappa shape index (κ1) is 15.4. The highest BCUT2D eigenvalue weighted by atomic mass is 19.1. The predicted octanol–water partition coefficient (Wildman–Crippen LogP) is 1.90. The maximum absolute atomic E-state index is 13.7. The second kappa shape index (κ2) is 6.02. The Morgan fingerprint density at radius 3 is 2.53 bits per heavy atom. The van der Waals surface area contributed by atoms with E-state index in [4.69, 9.17) is 4.74 Å². The van der Waals surface area contributed by atoms with Crippen LogP contribution in [-0.2, 0) is 0 Å². The van der Waals surface area contributed by atoms with E-state index in [1.54, 1.807) is 6.07 Å². The van der Waals surface area contributed by atoms with E-state index in [9.17, 15) is 9.18 Å². The third-order valence-corrected chi connectivity index (χ3v) is 3.31. The first-order chi connectivity index (χ1) is 8.77. The molecular weight excluding hydrogens is 247 g/mol. The van der Waals surface area contributed by atoms with Crippen molar-refractivity contribution in [2.24, 2.45) is 0 Å². The summed E-state index contributed by atoms with van der Waals surface area (Å²) in [6.45, 7) is 4.43. The average molecular weight is 268 g/mol. The van der Waals surface area contributed by atoms with Gasteiger partial charge >= 0.3 is 0 Å². The monoisotopic (exact) mass is 268 g/mol. The van der Waals surface area contributed by atoms with Crippen LogP contribution in [-0.4, -0.2) is 44.1 Å². The number of halogens is 1. The van der Waals surface area contributed by atoms with Gasteiger partial charge in [-0.25, -0.2) is 4.39 Å². The van der Waals surface area contributed by atoms with E-state index in [0.29, 0.717) is 12.3 Å². The number of ether oxygens (including phenoxy) is 1.